The maximum atomic E-state index is 12.1. The molecule has 0 spiro atoms. The highest BCUT2D eigenvalue weighted by molar-refractivity contribution is 9.11. The molecular formula is C15H12BrN3OS. The van der Waals surface area contributed by atoms with Crippen LogP contribution in [0.4, 0.5) is 5.69 Å². The fourth-order valence-electron chi connectivity index (χ4n) is 1.97. The van der Waals surface area contributed by atoms with Crippen LogP contribution in [0.25, 0.3) is 0 Å². The van der Waals surface area contributed by atoms with Gasteiger partial charge in [0, 0.05) is 30.0 Å². The normalized spacial score (nSPS) is 10.5. The first-order valence-corrected chi connectivity index (χ1v) is 7.98. The van der Waals surface area contributed by atoms with Gasteiger partial charge in [0.25, 0.3) is 5.91 Å². The molecule has 3 rings (SSSR count). The Morgan fingerprint density at radius 3 is 3.00 bits per heavy atom. The van der Waals surface area contributed by atoms with Crippen LogP contribution in [-0.2, 0) is 6.54 Å². The monoisotopic (exact) mass is 361 g/mol. The van der Waals surface area contributed by atoms with Crippen molar-refractivity contribution >= 4 is 38.9 Å². The van der Waals surface area contributed by atoms with E-state index in [1.807, 2.05) is 46.5 Å². The van der Waals surface area contributed by atoms with Crippen molar-refractivity contribution in [3.63, 3.8) is 0 Å². The number of benzene rings is 1. The smallest absolute Gasteiger partial charge is 0.256 e. The Morgan fingerprint density at radius 1 is 1.38 bits per heavy atom. The van der Waals surface area contributed by atoms with Crippen LogP contribution < -0.4 is 5.32 Å². The fraction of sp³-hybridized carbons (Fsp3) is 0.0667. The second-order valence-electron chi connectivity index (χ2n) is 4.53. The van der Waals surface area contributed by atoms with Crippen molar-refractivity contribution < 1.29 is 4.79 Å². The Labute approximate surface area is 134 Å². The molecule has 0 unspecified atom stereocenters. The van der Waals surface area contributed by atoms with Crippen LogP contribution in [0.2, 0.25) is 0 Å². The Balaban J connectivity index is 1.72. The second-order valence-corrected chi connectivity index (χ2v) is 6.82. The summed E-state index contributed by atoms with van der Waals surface area (Å²) in [4.78, 5) is 16.1. The number of aromatic nitrogens is 2. The highest BCUT2D eigenvalue weighted by Crippen LogP contribution is 2.21. The average Bonchev–Trinajstić information content (AvgIpc) is 3.11. The van der Waals surface area contributed by atoms with Crippen molar-refractivity contribution in [3.05, 3.63) is 69.3 Å². The van der Waals surface area contributed by atoms with Gasteiger partial charge in [0.15, 0.2) is 0 Å². The van der Waals surface area contributed by atoms with Gasteiger partial charge < -0.3 is 9.88 Å². The Morgan fingerprint density at radius 2 is 2.29 bits per heavy atom. The number of hydrogen-bond donors (Lipinski definition) is 1. The highest BCUT2D eigenvalue weighted by atomic mass is 79.9. The van der Waals surface area contributed by atoms with E-state index in [1.165, 1.54) is 11.3 Å². The molecule has 106 valence electrons. The number of nitrogens with zero attached hydrogens (tertiary/aromatic N) is 2. The molecular weight excluding hydrogens is 350 g/mol. The number of imidazole rings is 1. The number of amides is 1. The minimum atomic E-state index is -0.100. The number of carbonyl (C=O) groups is 1. The molecule has 1 N–H and O–H groups in total. The van der Waals surface area contributed by atoms with Crippen LogP contribution in [-0.4, -0.2) is 15.5 Å². The first-order chi connectivity index (χ1) is 10.2. The lowest BCUT2D eigenvalue weighted by atomic mass is 10.2. The van der Waals surface area contributed by atoms with Crippen molar-refractivity contribution in [2.45, 2.75) is 6.54 Å². The molecule has 0 bridgehead atoms. The van der Waals surface area contributed by atoms with Crippen LogP contribution in [0, 0.1) is 0 Å². The summed E-state index contributed by atoms with van der Waals surface area (Å²) in [6.45, 7) is 0.730. The first kappa shape index (κ1) is 14.0. The zero-order chi connectivity index (χ0) is 14.7. The van der Waals surface area contributed by atoms with Gasteiger partial charge in [0.1, 0.15) is 0 Å². The van der Waals surface area contributed by atoms with Gasteiger partial charge in [-0.2, -0.15) is 0 Å². The van der Waals surface area contributed by atoms with E-state index in [-0.39, 0.29) is 5.91 Å². The topological polar surface area (TPSA) is 46.9 Å². The molecule has 4 nitrogen and oxygen atoms in total. The number of thiophene rings is 1. The number of rotatable bonds is 4. The van der Waals surface area contributed by atoms with Crippen molar-refractivity contribution in [1.82, 2.24) is 9.55 Å². The van der Waals surface area contributed by atoms with Crippen LogP contribution >= 0.6 is 27.3 Å². The van der Waals surface area contributed by atoms with Gasteiger partial charge in [0.2, 0.25) is 0 Å². The van der Waals surface area contributed by atoms with Gasteiger partial charge in [-0.05, 0) is 39.7 Å². The molecule has 3 aromatic rings. The molecule has 1 amide bonds. The third kappa shape index (κ3) is 3.59. The van der Waals surface area contributed by atoms with E-state index in [1.54, 1.807) is 12.5 Å². The number of nitrogens with one attached hydrogen (secondary N) is 1. The lowest BCUT2D eigenvalue weighted by Crippen LogP contribution is -2.11. The van der Waals surface area contributed by atoms with Crippen LogP contribution in [0.5, 0.6) is 0 Å². The van der Waals surface area contributed by atoms with E-state index in [0.717, 1.165) is 21.6 Å². The molecule has 0 fully saturated rings. The summed E-state index contributed by atoms with van der Waals surface area (Å²) in [5.74, 6) is -0.100. The summed E-state index contributed by atoms with van der Waals surface area (Å²) in [5.41, 5.74) is 2.56. The molecule has 0 saturated heterocycles. The van der Waals surface area contributed by atoms with E-state index in [9.17, 15) is 4.79 Å². The van der Waals surface area contributed by atoms with Gasteiger partial charge in [-0.1, -0.05) is 12.1 Å². The zero-order valence-electron chi connectivity index (χ0n) is 11.0. The third-order valence-corrected chi connectivity index (χ3v) is 4.44. The molecule has 0 atom stereocenters. The average molecular weight is 362 g/mol. The SMILES string of the molecule is O=C(Nc1cccc(Cn2ccnc2)c1)c1csc(Br)c1. The molecule has 6 heteroatoms. The summed E-state index contributed by atoms with van der Waals surface area (Å²) < 4.78 is 2.93. The molecule has 2 heterocycles. The lowest BCUT2D eigenvalue weighted by molar-refractivity contribution is 0.102. The summed E-state index contributed by atoms with van der Waals surface area (Å²) in [7, 11) is 0. The minimum Gasteiger partial charge on any atom is -0.333 e. The number of halogens is 1. The molecule has 0 saturated carbocycles. The van der Waals surface area contributed by atoms with E-state index in [2.05, 4.69) is 26.2 Å². The second kappa shape index (κ2) is 6.24. The third-order valence-electron chi connectivity index (χ3n) is 2.94. The van der Waals surface area contributed by atoms with E-state index in [0.29, 0.717) is 5.56 Å². The van der Waals surface area contributed by atoms with E-state index < -0.39 is 0 Å². The van der Waals surface area contributed by atoms with E-state index >= 15 is 0 Å². The van der Waals surface area contributed by atoms with Gasteiger partial charge >= 0.3 is 0 Å². The standard InChI is InChI=1S/C15H12BrN3OS/c16-14-7-12(9-21-14)15(20)18-13-3-1-2-11(6-13)8-19-5-4-17-10-19/h1-7,9-10H,8H2,(H,18,20). The highest BCUT2D eigenvalue weighted by Gasteiger charge is 2.08. The Bertz CT molecular complexity index is 752. The molecule has 0 radical (unpaired) electrons. The minimum absolute atomic E-state index is 0.100. The van der Waals surface area contributed by atoms with E-state index in [4.69, 9.17) is 0 Å². The van der Waals surface area contributed by atoms with Crippen molar-refractivity contribution in [2.75, 3.05) is 5.32 Å². The summed E-state index contributed by atoms with van der Waals surface area (Å²) >= 11 is 4.86. The zero-order valence-corrected chi connectivity index (χ0v) is 13.4. The molecule has 0 aliphatic carbocycles. The summed E-state index contributed by atoms with van der Waals surface area (Å²) in [6, 6.07) is 9.63. The number of hydrogen-bond acceptors (Lipinski definition) is 3. The summed E-state index contributed by atoms with van der Waals surface area (Å²) in [6.07, 6.45) is 5.43. The molecule has 1 aromatic carbocycles. The Hall–Kier alpha value is -1.92. The fourth-order valence-corrected chi connectivity index (χ4v) is 3.11. The molecule has 0 aliphatic heterocycles. The molecule has 0 aliphatic rings. The Kier molecular flexibility index (Phi) is 4.17. The lowest BCUT2D eigenvalue weighted by Gasteiger charge is -2.07. The van der Waals surface area contributed by atoms with Gasteiger partial charge in [0.05, 0.1) is 15.7 Å². The quantitative estimate of drug-likeness (QED) is 0.762. The number of carbonyl (C=O) groups excluding carboxylic acids is 1. The van der Waals surface area contributed by atoms with Crippen molar-refractivity contribution in [2.24, 2.45) is 0 Å². The van der Waals surface area contributed by atoms with Crippen LogP contribution in [0.3, 0.4) is 0 Å². The maximum Gasteiger partial charge on any atom is 0.256 e. The van der Waals surface area contributed by atoms with Crippen LogP contribution in [0.1, 0.15) is 15.9 Å². The predicted molar refractivity (Wildman–Crippen MR) is 87.7 cm³/mol. The van der Waals surface area contributed by atoms with Crippen molar-refractivity contribution in [1.29, 1.82) is 0 Å². The van der Waals surface area contributed by atoms with Gasteiger partial charge in [-0.3, -0.25) is 4.79 Å². The van der Waals surface area contributed by atoms with Gasteiger partial charge in [-0.25, -0.2) is 4.98 Å². The number of anilines is 1. The first-order valence-electron chi connectivity index (χ1n) is 6.31. The molecule has 21 heavy (non-hydrogen) atoms. The van der Waals surface area contributed by atoms with Gasteiger partial charge in [-0.15, -0.1) is 11.3 Å². The molecule has 2 aromatic heterocycles. The largest absolute Gasteiger partial charge is 0.333 e. The van der Waals surface area contributed by atoms with Crippen LogP contribution in [0.15, 0.2) is 58.2 Å². The maximum absolute atomic E-state index is 12.1. The van der Waals surface area contributed by atoms with Crippen molar-refractivity contribution in [3.8, 4) is 0 Å². The predicted octanol–water partition coefficient (Wildman–Crippen LogP) is 4.01. The summed E-state index contributed by atoms with van der Waals surface area (Å²) in [5, 5.41) is 4.74.